The average molecular weight is 812 g/mol. The van der Waals surface area contributed by atoms with E-state index in [9.17, 15) is 24.3 Å². The summed E-state index contributed by atoms with van der Waals surface area (Å²) in [4.78, 5) is 54.4. The van der Waals surface area contributed by atoms with Crippen molar-refractivity contribution in [2.45, 2.75) is 108 Å². The number of aromatic nitrogens is 1. The molecule has 0 spiro atoms. The Morgan fingerprint density at radius 2 is 1.59 bits per heavy atom. The number of aliphatic carboxylic acids is 1. The normalized spacial score (nSPS) is 22.9. The highest BCUT2D eigenvalue weighted by atomic mass is 16.6. The lowest BCUT2D eigenvalue weighted by Crippen LogP contribution is -2.59. The number of para-hydroxylation sites is 1. The van der Waals surface area contributed by atoms with Crippen LogP contribution in [0.2, 0.25) is 0 Å². The lowest BCUT2D eigenvalue weighted by Gasteiger charge is -2.39. The molecule has 2 aliphatic carbocycles. The van der Waals surface area contributed by atoms with Gasteiger partial charge in [0.05, 0.1) is 25.2 Å². The maximum absolute atomic E-state index is 14.0. The van der Waals surface area contributed by atoms with Crippen LogP contribution in [0, 0.1) is 16.7 Å². The van der Waals surface area contributed by atoms with E-state index in [-0.39, 0.29) is 49.3 Å². The zero-order valence-electron chi connectivity index (χ0n) is 33.9. The van der Waals surface area contributed by atoms with Gasteiger partial charge in [-0.2, -0.15) is 0 Å². The van der Waals surface area contributed by atoms with Crippen LogP contribution < -0.4 is 21.3 Å². The number of carboxylic acid groups (broad SMARTS) is 1. The highest BCUT2D eigenvalue weighted by Gasteiger charge is 2.63. The molecule has 58 heavy (non-hydrogen) atoms. The third-order valence-corrected chi connectivity index (χ3v) is 12.4. The van der Waals surface area contributed by atoms with Crippen molar-refractivity contribution in [3.63, 3.8) is 0 Å². The third-order valence-electron chi connectivity index (χ3n) is 12.4. The predicted octanol–water partition coefficient (Wildman–Crippen LogP) is 1.89. The Bertz CT molecular complexity index is 1840. The van der Waals surface area contributed by atoms with Crippen molar-refractivity contribution in [3.8, 4) is 0 Å². The first-order valence-corrected chi connectivity index (χ1v) is 19.7. The Hall–Kier alpha value is -4.58. The second kappa shape index (κ2) is 19.9. The number of rotatable bonds is 18. The molecule has 5 rings (SSSR count). The molecule has 320 valence electrons. The molecule has 2 fully saturated rings. The zero-order valence-corrected chi connectivity index (χ0v) is 33.9. The Morgan fingerprint density at radius 3 is 2.19 bits per heavy atom. The topological polar surface area (TPSA) is 263 Å². The van der Waals surface area contributed by atoms with Crippen molar-refractivity contribution in [1.82, 2.24) is 26.3 Å². The lowest BCUT2D eigenvalue weighted by atomic mass is 9.70. The highest BCUT2D eigenvalue weighted by molar-refractivity contribution is 5.91. The lowest BCUT2D eigenvalue weighted by molar-refractivity contribution is -0.138. The number of carboxylic acids is 1. The standard InChI is InChI=1S/C35H44N4O6.C7H17NO5/c1-33(2)24-16-17-34(33,3)28(18-24)45-32(44)39-35(4,19-23-20-36-26-13-9-8-12-25(23)26)31(43)37-21-27(22-10-6-5-7-11-22)38-29(40)14-15-30(41)42;1-8-2-4(10)6(12)7(13)5(11)3-9/h5-13,20,24,27-28,36H,14-19,21H2,1-4H3,(H,37,43)(H,38,40)(H,39,44)(H,41,42);4-13H,2-3H2,1H3. The number of alkyl carbamates (subject to hydrolysis) is 1. The SMILES string of the molecule is CC(Cc1c[nH]c2ccccc12)(NC(=O)OC1CC2CCC1(C)C2(C)C)C(=O)NCC(NC(=O)CCC(=O)O)c1ccccc1.CNCC(O)C(O)C(O)C(O)CO. The minimum absolute atomic E-state index is 0.0262. The van der Waals surface area contributed by atoms with Crippen molar-refractivity contribution in [1.29, 1.82) is 0 Å². The van der Waals surface area contributed by atoms with Gasteiger partial charge in [-0.3, -0.25) is 14.4 Å². The van der Waals surface area contributed by atoms with Crippen LogP contribution in [-0.4, -0.2) is 122 Å². The fraction of sp³-hybridized carbons (Fsp3) is 0.571. The molecule has 3 aromatic rings. The third kappa shape index (κ3) is 10.9. The van der Waals surface area contributed by atoms with E-state index >= 15 is 0 Å². The molecule has 0 saturated heterocycles. The largest absolute Gasteiger partial charge is 0.481 e. The molecule has 1 heterocycles. The molecule has 1 aromatic heterocycles. The van der Waals surface area contributed by atoms with Crippen LogP contribution in [0.4, 0.5) is 4.79 Å². The van der Waals surface area contributed by atoms with Gasteiger partial charge in [0.1, 0.15) is 30.0 Å². The van der Waals surface area contributed by atoms with Gasteiger partial charge in [0.15, 0.2) is 0 Å². The second-order valence-corrected chi connectivity index (χ2v) is 16.5. The van der Waals surface area contributed by atoms with E-state index in [0.29, 0.717) is 5.92 Å². The Morgan fingerprint density at radius 1 is 0.931 bits per heavy atom. The van der Waals surface area contributed by atoms with Crippen molar-refractivity contribution in [3.05, 3.63) is 71.9 Å². The minimum atomic E-state index is -1.55. The number of hydrogen-bond donors (Lipinski definition) is 11. The number of H-pyrrole nitrogens is 1. The fourth-order valence-corrected chi connectivity index (χ4v) is 8.24. The summed E-state index contributed by atoms with van der Waals surface area (Å²) in [7, 11) is 1.57. The summed E-state index contributed by atoms with van der Waals surface area (Å²) in [5, 5.41) is 66.1. The highest BCUT2D eigenvalue weighted by Crippen LogP contribution is 2.66. The van der Waals surface area contributed by atoms with E-state index < -0.39 is 66.5 Å². The Balaban J connectivity index is 0.000000492. The van der Waals surface area contributed by atoms with Crippen molar-refractivity contribution < 1.29 is 54.6 Å². The summed E-state index contributed by atoms with van der Waals surface area (Å²) in [5.41, 5.74) is 1.06. The maximum atomic E-state index is 14.0. The average Bonchev–Trinajstić information content (AvgIpc) is 3.76. The van der Waals surface area contributed by atoms with Gasteiger partial charge in [-0.15, -0.1) is 0 Å². The van der Waals surface area contributed by atoms with Gasteiger partial charge >= 0.3 is 12.1 Å². The second-order valence-electron chi connectivity index (χ2n) is 16.5. The van der Waals surface area contributed by atoms with Crippen LogP contribution in [-0.2, 0) is 25.5 Å². The van der Waals surface area contributed by atoms with Gasteiger partial charge in [0, 0.05) is 48.4 Å². The van der Waals surface area contributed by atoms with Crippen molar-refractivity contribution in [2.75, 3.05) is 26.7 Å². The molecule has 2 saturated carbocycles. The van der Waals surface area contributed by atoms with E-state index in [1.165, 1.54) is 0 Å². The molecule has 16 heteroatoms. The van der Waals surface area contributed by atoms with Gasteiger partial charge < -0.3 is 61.6 Å². The molecule has 3 amide bonds. The smallest absolute Gasteiger partial charge is 0.408 e. The molecular weight excluding hydrogens is 750 g/mol. The summed E-state index contributed by atoms with van der Waals surface area (Å²) in [6.45, 7) is 7.85. The molecule has 0 aliphatic heterocycles. The number of likely N-dealkylation sites (N-methyl/N-ethyl adjacent to an activating group) is 1. The van der Waals surface area contributed by atoms with Crippen LogP contribution in [0.25, 0.3) is 10.9 Å². The van der Waals surface area contributed by atoms with Crippen LogP contribution in [0.5, 0.6) is 0 Å². The number of aliphatic hydroxyl groups is 5. The number of ether oxygens (including phenoxy) is 1. The number of aromatic amines is 1. The zero-order chi connectivity index (χ0) is 42.8. The molecule has 9 atom stereocenters. The van der Waals surface area contributed by atoms with Gasteiger partial charge in [-0.1, -0.05) is 69.3 Å². The molecule has 2 aliphatic rings. The molecule has 2 bridgehead atoms. The quantitative estimate of drug-likeness (QED) is 0.0881. The van der Waals surface area contributed by atoms with E-state index in [0.717, 1.165) is 41.3 Å². The summed E-state index contributed by atoms with van der Waals surface area (Å²) in [6, 6.07) is 16.3. The van der Waals surface area contributed by atoms with E-state index in [4.69, 9.17) is 30.3 Å². The number of nitrogens with one attached hydrogen (secondary N) is 5. The number of amides is 3. The van der Waals surface area contributed by atoms with Crippen molar-refractivity contribution in [2.24, 2.45) is 16.7 Å². The number of benzene rings is 2. The number of carbonyl (C=O) groups is 4. The van der Waals surface area contributed by atoms with Crippen LogP contribution in [0.1, 0.15) is 77.0 Å². The summed E-state index contributed by atoms with van der Waals surface area (Å²) in [5.74, 6) is -1.46. The molecule has 0 radical (unpaired) electrons. The first-order chi connectivity index (χ1) is 27.4. The van der Waals surface area contributed by atoms with Gasteiger partial charge in [-0.05, 0) is 61.8 Å². The van der Waals surface area contributed by atoms with Gasteiger partial charge in [0.25, 0.3) is 0 Å². The predicted molar refractivity (Wildman–Crippen MR) is 215 cm³/mol. The Labute approximate surface area is 338 Å². The summed E-state index contributed by atoms with van der Waals surface area (Å²) >= 11 is 0. The molecular formula is C42H61N5O11. The van der Waals surface area contributed by atoms with Crippen LogP contribution in [0.3, 0.4) is 0 Å². The summed E-state index contributed by atoms with van der Waals surface area (Å²) in [6.07, 6.45) is -2.04. The van der Waals surface area contributed by atoms with Gasteiger partial charge in [0.2, 0.25) is 11.8 Å². The monoisotopic (exact) mass is 811 g/mol. The first kappa shape index (κ1) is 46.1. The van der Waals surface area contributed by atoms with Gasteiger partial charge in [-0.25, -0.2) is 4.79 Å². The summed E-state index contributed by atoms with van der Waals surface area (Å²) < 4.78 is 6.09. The molecule has 11 N–H and O–H groups in total. The molecule has 16 nitrogen and oxygen atoms in total. The van der Waals surface area contributed by atoms with Crippen LogP contribution >= 0.6 is 0 Å². The Kier molecular flexibility index (Phi) is 15.8. The molecule has 9 unspecified atom stereocenters. The molecule has 2 aromatic carbocycles. The van der Waals surface area contributed by atoms with Crippen molar-refractivity contribution >= 4 is 34.8 Å². The van der Waals surface area contributed by atoms with E-state index in [2.05, 4.69) is 47.0 Å². The van der Waals surface area contributed by atoms with Crippen LogP contribution in [0.15, 0.2) is 60.8 Å². The number of hydrogen-bond acceptors (Lipinski definition) is 11. The number of aliphatic hydroxyl groups excluding tert-OH is 5. The van der Waals surface area contributed by atoms with E-state index in [1.54, 1.807) is 14.0 Å². The number of fused-ring (bicyclic) bond motifs is 3. The maximum Gasteiger partial charge on any atom is 0.408 e. The first-order valence-electron chi connectivity index (χ1n) is 19.7. The van der Waals surface area contributed by atoms with E-state index in [1.807, 2.05) is 60.8 Å². The minimum Gasteiger partial charge on any atom is -0.481 e. The number of carbonyl (C=O) groups excluding carboxylic acids is 3. The fourth-order valence-electron chi connectivity index (χ4n) is 8.24.